The van der Waals surface area contributed by atoms with E-state index in [1.54, 1.807) is 24.8 Å². The van der Waals surface area contributed by atoms with Crippen molar-refractivity contribution in [3.05, 3.63) is 95.5 Å². The normalized spacial score (nSPS) is 11.2. The summed E-state index contributed by atoms with van der Waals surface area (Å²) in [6, 6.07) is 15.5. The van der Waals surface area contributed by atoms with Crippen molar-refractivity contribution < 1.29 is 4.79 Å². The maximum Gasteiger partial charge on any atom is 0.248 e. The molecule has 1 amide bonds. The van der Waals surface area contributed by atoms with Crippen molar-refractivity contribution in [2.75, 3.05) is 5.32 Å². The number of amides is 1. The van der Waals surface area contributed by atoms with Gasteiger partial charge < -0.3 is 14.5 Å². The first-order valence-corrected chi connectivity index (χ1v) is 10.6. The Morgan fingerprint density at radius 3 is 2.97 bits per heavy atom. The van der Waals surface area contributed by atoms with Crippen molar-refractivity contribution in [3.63, 3.8) is 0 Å². The average Bonchev–Trinajstić information content (AvgIpc) is 3.44. The van der Waals surface area contributed by atoms with Gasteiger partial charge in [0.1, 0.15) is 6.67 Å². The summed E-state index contributed by atoms with van der Waals surface area (Å²) in [4.78, 5) is 24.0. The number of hydrogen-bond donors (Lipinski definition) is 1. The molecule has 3 heterocycles. The molecule has 0 aliphatic rings. The quantitative estimate of drug-likeness (QED) is 0.160. The number of carbonyl (C=O) groups excluding carboxylic acids is 1. The number of nitrogens with one attached hydrogen (secondary N) is 1. The second-order valence-electron chi connectivity index (χ2n) is 7.78. The van der Waals surface area contributed by atoms with E-state index in [2.05, 4.69) is 31.4 Å². The third-order valence-corrected chi connectivity index (χ3v) is 5.62. The van der Waals surface area contributed by atoms with E-state index in [1.807, 2.05) is 64.8 Å². The molecule has 3 aromatic heterocycles. The minimum atomic E-state index is -0.246. The molecule has 2 aromatic carbocycles. The lowest BCUT2D eigenvalue weighted by molar-refractivity contribution is -0.111. The monoisotopic (exact) mass is 448 g/mol. The van der Waals surface area contributed by atoms with Crippen LogP contribution in [0.1, 0.15) is 5.56 Å². The molecule has 0 saturated heterocycles. The highest BCUT2D eigenvalue weighted by Crippen LogP contribution is 2.27. The first-order chi connectivity index (χ1) is 16.6. The fraction of sp³-hybridized carbons (Fsp3) is 0.0800. The number of benzene rings is 2. The number of rotatable bonds is 6. The van der Waals surface area contributed by atoms with Crippen LogP contribution in [0.4, 0.5) is 5.69 Å². The summed E-state index contributed by atoms with van der Waals surface area (Å²) in [6.07, 6.45) is 10.4. The van der Waals surface area contributed by atoms with Crippen LogP contribution in [0.5, 0.6) is 0 Å². The van der Waals surface area contributed by atoms with E-state index in [9.17, 15) is 4.79 Å². The number of azide groups is 1. The number of nitrogens with zero attached hydrogens (tertiary/aromatic N) is 7. The molecule has 0 bridgehead atoms. The maximum atomic E-state index is 12.6. The van der Waals surface area contributed by atoms with Crippen molar-refractivity contribution in [1.29, 1.82) is 0 Å². The maximum absolute atomic E-state index is 12.6. The van der Waals surface area contributed by atoms with E-state index in [1.165, 1.54) is 6.08 Å². The molecule has 166 valence electrons. The first-order valence-electron chi connectivity index (χ1n) is 10.6. The molecular weight excluding hydrogens is 428 g/mol. The Kier molecular flexibility index (Phi) is 5.51. The van der Waals surface area contributed by atoms with Crippen LogP contribution in [0, 0.1) is 0 Å². The molecule has 9 heteroatoms. The Labute approximate surface area is 194 Å². The van der Waals surface area contributed by atoms with Gasteiger partial charge in [0.05, 0.1) is 17.4 Å². The summed E-state index contributed by atoms with van der Waals surface area (Å²) in [5.74, 6) is -0.246. The van der Waals surface area contributed by atoms with Crippen molar-refractivity contribution in [2.45, 2.75) is 6.67 Å². The van der Waals surface area contributed by atoms with E-state index in [-0.39, 0.29) is 12.6 Å². The zero-order valence-electron chi connectivity index (χ0n) is 18.3. The van der Waals surface area contributed by atoms with Gasteiger partial charge in [-0.3, -0.25) is 9.78 Å². The minimum Gasteiger partial charge on any atom is -0.342 e. The predicted octanol–water partition coefficient (Wildman–Crippen LogP) is 5.51. The van der Waals surface area contributed by atoms with Crippen LogP contribution in [0.25, 0.3) is 49.6 Å². The Morgan fingerprint density at radius 2 is 2.09 bits per heavy atom. The number of pyridine rings is 1. The van der Waals surface area contributed by atoms with Crippen molar-refractivity contribution >= 4 is 39.6 Å². The second kappa shape index (κ2) is 8.93. The number of imidazole rings is 1. The van der Waals surface area contributed by atoms with E-state index in [0.717, 1.165) is 38.6 Å². The molecule has 0 saturated carbocycles. The zero-order valence-corrected chi connectivity index (χ0v) is 18.3. The SMILES string of the molecule is Cn1cnc2ccc(-c3ccncc3/C=C/C(=O)Nc3ccc4c(ccn4CN=[N+]=[N-])c3)cc21. The van der Waals surface area contributed by atoms with Gasteiger partial charge in [-0.15, -0.1) is 0 Å². The van der Waals surface area contributed by atoms with Gasteiger partial charge in [-0.2, -0.15) is 0 Å². The molecule has 0 spiro atoms. The smallest absolute Gasteiger partial charge is 0.248 e. The summed E-state index contributed by atoms with van der Waals surface area (Å²) >= 11 is 0. The highest BCUT2D eigenvalue weighted by atomic mass is 16.1. The van der Waals surface area contributed by atoms with Crippen LogP contribution >= 0.6 is 0 Å². The molecule has 5 aromatic rings. The lowest BCUT2D eigenvalue weighted by Gasteiger charge is -2.07. The molecule has 0 radical (unpaired) electrons. The lowest BCUT2D eigenvalue weighted by Crippen LogP contribution is -2.07. The molecule has 0 aliphatic heterocycles. The van der Waals surface area contributed by atoms with Gasteiger partial charge in [0.2, 0.25) is 5.91 Å². The molecule has 34 heavy (non-hydrogen) atoms. The van der Waals surface area contributed by atoms with Crippen LogP contribution < -0.4 is 5.32 Å². The Bertz CT molecular complexity index is 1600. The van der Waals surface area contributed by atoms with Crippen molar-refractivity contribution in [1.82, 2.24) is 19.1 Å². The van der Waals surface area contributed by atoms with E-state index in [4.69, 9.17) is 5.53 Å². The first kappa shape index (κ1) is 21.0. The van der Waals surface area contributed by atoms with Crippen LogP contribution in [-0.4, -0.2) is 25.0 Å². The third-order valence-electron chi connectivity index (χ3n) is 5.62. The number of aromatic nitrogens is 4. The largest absolute Gasteiger partial charge is 0.342 e. The predicted molar refractivity (Wildman–Crippen MR) is 133 cm³/mol. The molecule has 0 unspecified atom stereocenters. The Hall–Kier alpha value is -4.88. The number of hydrogen-bond acceptors (Lipinski definition) is 4. The van der Waals surface area contributed by atoms with Crippen molar-refractivity contribution in [2.24, 2.45) is 12.2 Å². The second-order valence-corrected chi connectivity index (χ2v) is 7.78. The molecule has 5 rings (SSSR count). The molecule has 0 atom stereocenters. The molecule has 1 N–H and O–H groups in total. The standard InChI is InChI=1S/C25H20N8O/c1-32-15-28-22-5-2-17(13-24(22)32)21-8-10-27-14-19(21)3-7-25(34)30-20-4-6-23-18(12-20)9-11-33(23)16-29-31-26/h2-15H,16H2,1H3,(H,30,34)/b7-3+. The third kappa shape index (κ3) is 4.11. The Morgan fingerprint density at radius 1 is 1.18 bits per heavy atom. The van der Waals surface area contributed by atoms with Gasteiger partial charge in [-0.1, -0.05) is 11.2 Å². The summed E-state index contributed by atoms with van der Waals surface area (Å²) in [7, 11) is 1.96. The molecular formula is C25H20N8O. The summed E-state index contributed by atoms with van der Waals surface area (Å²) < 4.78 is 3.82. The highest BCUT2D eigenvalue weighted by molar-refractivity contribution is 6.03. The number of fused-ring (bicyclic) bond motifs is 2. The molecule has 0 aliphatic carbocycles. The topological polar surface area (TPSA) is 114 Å². The van der Waals surface area contributed by atoms with Crippen molar-refractivity contribution in [3.8, 4) is 11.1 Å². The van der Waals surface area contributed by atoms with Gasteiger partial charge in [0.15, 0.2) is 0 Å². The van der Waals surface area contributed by atoms with Crippen LogP contribution in [-0.2, 0) is 18.5 Å². The van der Waals surface area contributed by atoms with Gasteiger partial charge in [0, 0.05) is 58.8 Å². The molecule has 9 nitrogen and oxygen atoms in total. The number of anilines is 1. The van der Waals surface area contributed by atoms with Gasteiger partial charge in [-0.05, 0) is 65.2 Å². The van der Waals surface area contributed by atoms with E-state index < -0.39 is 0 Å². The van der Waals surface area contributed by atoms with Crippen LogP contribution in [0.15, 0.2) is 84.6 Å². The highest BCUT2D eigenvalue weighted by Gasteiger charge is 2.08. The number of carbonyl (C=O) groups is 1. The zero-order chi connectivity index (χ0) is 23.5. The van der Waals surface area contributed by atoms with E-state index >= 15 is 0 Å². The minimum absolute atomic E-state index is 0.218. The van der Waals surface area contributed by atoms with Crippen LogP contribution in [0.3, 0.4) is 0 Å². The average molecular weight is 448 g/mol. The van der Waals surface area contributed by atoms with Gasteiger partial charge >= 0.3 is 0 Å². The lowest BCUT2D eigenvalue weighted by atomic mass is 10.0. The number of aryl methyl sites for hydroxylation is 1. The summed E-state index contributed by atoms with van der Waals surface area (Å²) in [5.41, 5.74) is 14.9. The fourth-order valence-electron chi connectivity index (χ4n) is 3.94. The fourth-order valence-corrected chi connectivity index (χ4v) is 3.94. The van der Waals surface area contributed by atoms with E-state index in [0.29, 0.717) is 5.69 Å². The molecule has 0 fully saturated rings. The summed E-state index contributed by atoms with van der Waals surface area (Å²) in [6.45, 7) is 0.218. The Balaban J connectivity index is 1.36. The van der Waals surface area contributed by atoms with Gasteiger partial charge in [0.25, 0.3) is 0 Å². The van der Waals surface area contributed by atoms with Crippen LogP contribution in [0.2, 0.25) is 0 Å². The van der Waals surface area contributed by atoms with Gasteiger partial charge in [-0.25, -0.2) is 4.98 Å². The summed E-state index contributed by atoms with van der Waals surface area (Å²) in [5, 5.41) is 7.42.